The molecule has 0 fully saturated rings. The summed E-state index contributed by atoms with van der Waals surface area (Å²) in [5, 5.41) is 3.64. The third kappa shape index (κ3) is 3.92. The van der Waals surface area contributed by atoms with E-state index in [-0.39, 0.29) is 0 Å². The van der Waals surface area contributed by atoms with E-state index in [0.29, 0.717) is 12.1 Å². The molecule has 1 unspecified atom stereocenters. The highest BCUT2D eigenvalue weighted by Gasteiger charge is 2.11. The van der Waals surface area contributed by atoms with Gasteiger partial charge in [0.25, 0.3) is 0 Å². The highest BCUT2D eigenvalue weighted by Crippen LogP contribution is 2.21. The maximum atomic E-state index is 3.64. The van der Waals surface area contributed by atoms with Gasteiger partial charge in [0.1, 0.15) is 0 Å². The van der Waals surface area contributed by atoms with Gasteiger partial charge in [-0.3, -0.25) is 0 Å². The van der Waals surface area contributed by atoms with Crippen molar-refractivity contribution in [3.05, 3.63) is 69.7 Å². The summed E-state index contributed by atoms with van der Waals surface area (Å²) < 4.78 is 1.12. The zero-order valence-electron chi connectivity index (χ0n) is 11.7. The average Bonchev–Trinajstić information content (AvgIpc) is 2.39. The quantitative estimate of drug-likeness (QED) is 0.820. The van der Waals surface area contributed by atoms with Crippen LogP contribution in [0.5, 0.6) is 0 Å². The summed E-state index contributed by atoms with van der Waals surface area (Å²) in [6.07, 6.45) is 0. The highest BCUT2D eigenvalue weighted by atomic mass is 79.9. The van der Waals surface area contributed by atoms with Gasteiger partial charge >= 0.3 is 0 Å². The Morgan fingerprint density at radius 2 is 1.53 bits per heavy atom. The van der Waals surface area contributed by atoms with E-state index in [2.05, 4.69) is 90.5 Å². The van der Waals surface area contributed by atoms with Crippen LogP contribution in [-0.2, 0) is 0 Å². The predicted octanol–water partition coefficient (Wildman–Crippen LogP) is 5.17. The summed E-state index contributed by atoms with van der Waals surface area (Å²) >= 11 is 3.47. The molecule has 0 bridgehead atoms. The molecule has 1 N–H and O–H groups in total. The SMILES string of the molecule is Cc1cccc([C@H](C)NC(C)c2ccc(Br)cc2)c1. The summed E-state index contributed by atoms with van der Waals surface area (Å²) in [6.45, 7) is 6.55. The summed E-state index contributed by atoms with van der Waals surface area (Å²) in [7, 11) is 0. The third-order valence-electron chi connectivity index (χ3n) is 3.41. The van der Waals surface area contributed by atoms with Crippen LogP contribution in [0, 0.1) is 6.92 Å². The molecule has 2 aromatic rings. The van der Waals surface area contributed by atoms with Crippen LogP contribution >= 0.6 is 15.9 Å². The van der Waals surface area contributed by atoms with Crippen LogP contribution in [0.15, 0.2) is 53.0 Å². The first-order valence-electron chi connectivity index (χ1n) is 6.64. The fourth-order valence-corrected chi connectivity index (χ4v) is 2.52. The van der Waals surface area contributed by atoms with E-state index in [9.17, 15) is 0 Å². The minimum absolute atomic E-state index is 0.337. The standard InChI is InChI=1S/C17H20BrN/c1-12-5-4-6-16(11-12)14(3)19-13(2)15-7-9-17(18)10-8-15/h4-11,13-14,19H,1-3H3/t13?,14-/m0/s1. The van der Waals surface area contributed by atoms with Crippen molar-refractivity contribution >= 4 is 15.9 Å². The maximum Gasteiger partial charge on any atom is 0.0297 e. The molecule has 0 aromatic heterocycles. The Balaban J connectivity index is 2.06. The molecular formula is C17H20BrN. The van der Waals surface area contributed by atoms with Gasteiger partial charge < -0.3 is 5.32 Å². The lowest BCUT2D eigenvalue weighted by Crippen LogP contribution is -2.22. The van der Waals surface area contributed by atoms with Crippen LogP contribution in [0.1, 0.15) is 42.6 Å². The van der Waals surface area contributed by atoms with Crippen LogP contribution in [0.4, 0.5) is 0 Å². The molecule has 0 aliphatic heterocycles. The Hall–Kier alpha value is -1.12. The molecule has 0 aliphatic carbocycles. The van der Waals surface area contributed by atoms with E-state index in [1.165, 1.54) is 16.7 Å². The predicted molar refractivity (Wildman–Crippen MR) is 85.3 cm³/mol. The highest BCUT2D eigenvalue weighted by molar-refractivity contribution is 9.10. The molecule has 0 spiro atoms. The van der Waals surface area contributed by atoms with Crippen molar-refractivity contribution in [2.75, 3.05) is 0 Å². The molecule has 0 radical (unpaired) electrons. The zero-order valence-corrected chi connectivity index (χ0v) is 13.2. The van der Waals surface area contributed by atoms with E-state index >= 15 is 0 Å². The molecule has 0 heterocycles. The topological polar surface area (TPSA) is 12.0 Å². The Morgan fingerprint density at radius 3 is 2.16 bits per heavy atom. The zero-order chi connectivity index (χ0) is 13.8. The van der Waals surface area contributed by atoms with Gasteiger partial charge in [-0.15, -0.1) is 0 Å². The molecule has 1 nitrogen and oxygen atoms in total. The van der Waals surface area contributed by atoms with Gasteiger partial charge in [0, 0.05) is 16.6 Å². The molecule has 2 rings (SSSR count). The van der Waals surface area contributed by atoms with Crippen molar-refractivity contribution in [2.45, 2.75) is 32.9 Å². The van der Waals surface area contributed by atoms with Crippen LogP contribution < -0.4 is 5.32 Å². The van der Waals surface area contributed by atoms with Gasteiger partial charge in [-0.05, 0) is 44.0 Å². The minimum atomic E-state index is 0.337. The van der Waals surface area contributed by atoms with E-state index < -0.39 is 0 Å². The molecule has 2 aromatic carbocycles. The first-order chi connectivity index (χ1) is 9.06. The van der Waals surface area contributed by atoms with Crippen LogP contribution in [0.2, 0.25) is 0 Å². The van der Waals surface area contributed by atoms with Crippen molar-refractivity contribution in [3.63, 3.8) is 0 Å². The Kier molecular flexibility index (Phi) is 4.78. The third-order valence-corrected chi connectivity index (χ3v) is 3.94. The average molecular weight is 318 g/mol. The Morgan fingerprint density at radius 1 is 0.895 bits per heavy atom. The normalized spacial score (nSPS) is 14.1. The van der Waals surface area contributed by atoms with Crippen LogP contribution in [0.3, 0.4) is 0 Å². The molecule has 0 aliphatic rings. The lowest BCUT2D eigenvalue weighted by Gasteiger charge is -2.21. The number of hydrogen-bond donors (Lipinski definition) is 1. The first kappa shape index (κ1) is 14.3. The maximum absolute atomic E-state index is 3.64. The fraction of sp³-hybridized carbons (Fsp3) is 0.294. The lowest BCUT2D eigenvalue weighted by atomic mass is 10.0. The van der Waals surface area contributed by atoms with E-state index in [4.69, 9.17) is 0 Å². The number of nitrogens with one attached hydrogen (secondary N) is 1. The second-order valence-electron chi connectivity index (χ2n) is 5.08. The lowest BCUT2D eigenvalue weighted by molar-refractivity contribution is 0.494. The molecule has 2 heteroatoms. The number of aryl methyl sites for hydroxylation is 1. The Labute approximate surface area is 124 Å². The number of benzene rings is 2. The second-order valence-corrected chi connectivity index (χ2v) is 5.99. The van der Waals surface area contributed by atoms with Gasteiger partial charge in [-0.1, -0.05) is 57.9 Å². The number of halogens is 1. The van der Waals surface area contributed by atoms with Crippen LogP contribution in [0.25, 0.3) is 0 Å². The summed E-state index contributed by atoms with van der Waals surface area (Å²) in [5.41, 5.74) is 3.95. The summed E-state index contributed by atoms with van der Waals surface area (Å²) in [4.78, 5) is 0. The molecular weight excluding hydrogens is 298 g/mol. The summed E-state index contributed by atoms with van der Waals surface area (Å²) in [6, 6.07) is 17.8. The van der Waals surface area contributed by atoms with Crippen molar-refractivity contribution in [1.82, 2.24) is 5.32 Å². The molecule has 19 heavy (non-hydrogen) atoms. The van der Waals surface area contributed by atoms with Gasteiger partial charge in [-0.2, -0.15) is 0 Å². The van der Waals surface area contributed by atoms with Gasteiger partial charge in [0.2, 0.25) is 0 Å². The molecule has 0 saturated heterocycles. The molecule has 0 amide bonds. The molecule has 100 valence electrons. The monoisotopic (exact) mass is 317 g/mol. The second kappa shape index (κ2) is 6.36. The first-order valence-corrected chi connectivity index (χ1v) is 7.43. The van der Waals surface area contributed by atoms with Crippen molar-refractivity contribution in [1.29, 1.82) is 0 Å². The van der Waals surface area contributed by atoms with E-state index in [0.717, 1.165) is 4.47 Å². The fourth-order valence-electron chi connectivity index (χ4n) is 2.26. The van der Waals surface area contributed by atoms with Gasteiger partial charge in [0.15, 0.2) is 0 Å². The van der Waals surface area contributed by atoms with Gasteiger partial charge in [0.05, 0.1) is 0 Å². The van der Waals surface area contributed by atoms with Crippen molar-refractivity contribution < 1.29 is 0 Å². The van der Waals surface area contributed by atoms with Crippen molar-refractivity contribution in [3.8, 4) is 0 Å². The smallest absolute Gasteiger partial charge is 0.0297 e. The van der Waals surface area contributed by atoms with Crippen LogP contribution in [-0.4, -0.2) is 0 Å². The van der Waals surface area contributed by atoms with Gasteiger partial charge in [-0.25, -0.2) is 0 Å². The largest absolute Gasteiger partial charge is 0.304 e. The number of rotatable bonds is 4. The Bertz CT molecular complexity index is 533. The number of hydrogen-bond acceptors (Lipinski definition) is 1. The molecule has 0 saturated carbocycles. The van der Waals surface area contributed by atoms with E-state index in [1.807, 2.05) is 0 Å². The molecule has 2 atom stereocenters. The van der Waals surface area contributed by atoms with Crippen molar-refractivity contribution in [2.24, 2.45) is 0 Å². The summed E-state index contributed by atoms with van der Waals surface area (Å²) in [5.74, 6) is 0. The van der Waals surface area contributed by atoms with E-state index in [1.54, 1.807) is 0 Å². The minimum Gasteiger partial charge on any atom is -0.304 e.